The molecule has 0 aliphatic carbocycles. The lowest BCUT2D eigenvalue weighted by Gasteiger charge is -2.41. The molecule has 2 saturated heterocycles. The standard InChI is InChI=1S/C16H21ClN2O/c1-19-13-7-8-16(19)15(10-18-20-2)14(9-13)11-3-5-12(17)6-4-11/h3-6,10,13-16H,7-9H2,1-2H3/t13-,14-,15?,16?/m1/s1. The van der Waals surface area contributed by atoms with Crippen LogP contribution in [-0.4, -0.2) is 37.4 Å². The van der Waals surface area contributed by atoms with E-state index in [1.807, 2.05) is 18.3 Å². The maximum atomic E-state index is 6.01. The van der Waals surface area contributed by atoms with E-state index < -0.39 is 0 Å². The zero-order chi connectivity index (χ0) is 14.1. The van der Waals surface area contributed by atoms with Gasteiger partial charge >= 0.3 is 0 Å². The Labute approximate surface area is 125 Å². The minimum Gasteiger partial charge on any atom is -0.399 e. The average Bonchev–Trinajstić information content (AvgIpc) is 2.71. The number of halogens is 1. The molecule has 2 heterocycles. The van der Waals surface area contributed by atoms with Crippen molar-refractivity contribution < 1.29 is 4.84 Å². The molecule has 4 heteroatoms. The highest BCUT2D eigenvalue weighted by Crippen LogP contribution is 2.45. The first-order valence-corrected chi connectivity index (χ1v) is 7.62. The summed E-state index contributed by atoms with van der Waals surface area (Å²) in [4.78, 5) is 7.45. The molecule has 0 spiro atoms. The smallest absolute Gasteiger partial charge is 0.106 e. The molecular weight excluding hydrogens is 272 g/mol. The number of hydrogen-bond acceptors (Lipinski definition) is 3. The van der Waals surface area contributed by atoms with Crippen molar-refractivity contribution in [2.24, 2.45) is 11.1 Å². The predicted octanol–water partition coefficient (Wildman–Crippen LogP) is 3.54. The maximum absolute atomic E-state index is 6.01. The average molecular weight is 293 g/mol. The predicted molar refractivity (Wildman–Crippen MR) is 82.4 cm³/mol. The third-order valence-corrected chi connectivity index (χ3v) is 5.22. The third kappa shape index (κ3) is 2.45. The van der Waals surface area contributed by atoms with Crippen LogP contribution in [0, 0.1) is 5.92 Å². The van der Waals surface area contributed by atoms with E-state index in [0.29, 0.717) is 23.9 Å². The van der Waals surface area contributed by atoms with Gasteiger partial charge < -0.3 is 4.84 Å². The summed E-state index contributed by atoms with van der Waals surface area (Å²) in [6.07, 6.45) is 5.74. The summed E-state index contributed by atoms with van der Waals surface area (Å²) in [6, 6.07) is 9.57. The van der Waals surface area contributed by atoms with Gasteiger partial charge in [-0.05, 0) is 49.9 Å². The Morgan fingerprint density at radius 3 is 2.75 bits per heavy atom. The van der Waals surface area contributed by atoms with Crippen LogP contribution in [0.3, 0.4) is 0 Å². The van der Waals surface area contributed by atoms with Crippen LogP contribution in [0.5, 0.6) is 0 Å². The highest BCUT2D eigenvalue weighted by atomic mass is 35.5. The van der Waals surface area contributed by atoms with Crippen molar-refractivity contribution in [1.29, 1.82) is 0 Å². The number of fused-ring (bicyclic) bond motifs is 2. The summed E-state index contributed by atoms with van der Waals surface area (Å²) in [5, 5.41) is 4.86. The van der Waals surface area contributed by atoms with Crippen LogP contribution >= 0.6 is 11.6 Å². The van der Waals surface area contributed by atoms with Gasteiger partial charge in [0.05, 0.1) is 0 Å². The summed E-state index contributed by atoms with van der Waals surface area (Å²) in [5.41, 5.74) is 1.37. The first kappa shape index (κ1) is 13.9. The Kier molecular flexibility index (Phi) is 3.99. The summed E-state index contributed by atoms with van der Waals surface area (Å²) >= 11 is 6.01. The second-order valence-corrected chi connectivity index (χ2v) is 6.31. The van der Waals surface area contributed by atoms with Gasteiger partial charge in [0.1, 0.15) is 7.11 Å². The number of benzene rings is 1. The molecule has 0 N–H and O–H groups in total. The lowest BCUT2D eigenvalue weighted by atomic mass is 9.77. The van der Waals surface area contributed by atoms with Gasteiger partial charge in [0, 0.05) is 29.2 Å². The van der Waals surface area contributed by atoms with Crippen molar-refractivity contribution in [3.63, 3.8) is 0 Å². The van der Waals surface area contributed by atoms with E-state index in [2.05, 4.69) is 29.2 Å². The maximum Gasteiger partial charge on any atom is 0.106 e. The minimum atomic E-state index is 0.417. The SMILES string of the molecule is CON=CC1C2CC[C@H](C[C@@H]1c1ccc(Cl)cc1)N2C. The van der Waals surface area contributed by atoms with Gasteiger partial charge in [-0.3, -0.25) is 4.90 Å². The van der Waals surface area contributed by atoms with E-state index in [1.54, 1.807) is 7.11 Å². The molecule has 3 rings (SSSR count). The van der Waals surface area contributed by atoms with Gasteiger partial charge in [0.2, 0.25) is 0 Å². The molecule has 2 fully saturated rings. The van der Waals surface area contributed by atoms with Crippen LogP contribution < -0.4 is 0 Å². The van der Waals surface area contributed by atoms with Crippen LogP contribution in [0.15, 0.2) is 29.4 Å². The number of piperidine rings is 1. The van der Waals surface area contributed by atoms with Gasteiger partial charge in [-0.2, -0.15) is 0 Å². The molecule has 0 aromatic heterocycles. The van der Waals surface area contributed by atoms with E-state index in [-0.39, 0.29) is 0 Å². The van der Waals surface area contributed by atoms with Crippen LogP contribution in [0.25, 0.3) is 0 Å². The molecule has 1 aromatic rings. The van der Waals surface area contributed by atoms with Gasteiger partial charge in [-0.15, -0.1) is 0 Å². The van der Waals surface area contributed by atoms with Gasteiger partial charge in [0.15, 0.2) is 0 Å². The molecule has 0 amide bonds. The van der Waals surface area contributed by atoms with Crippen LogP contribution in [0.2, 0.25) is 5.02 Å². The van der Waals surface area contributed by atoms with Gasteiger partial charge in [0.25, 0.3) is 0 Å². The van der Waals surface area contributed by atoms with E-state index >= 15 is 0 Å². The van der Waals surface area contributed by atoms with E-state index in [1.165, 1.54) is 24.8 Å². The molecule has 20 heavy (non-hydrogen) atoms. The zero-order valence-electron chi connectivity index (χ0n) is 12.0. The Morgan fingerprint density at radius 1 is 1.30 bits per heavy atom. The number of oxime groups is 1. The van der Waals surface area contributed by atoms with Crippen LogP contribution in [0.4, 0.5) is 0 Å². The van der Waals surface area contributed by atoms with Crippen molar-refractivity contribution in [3.05, 3.63) is 34.9 Å². The molecule has 1 aromatic carbocycles. The topological polar surface area (TPSA) is 24.8 Å². The van der Waals surface area contributed by atoms with Gasteiger partial charge in [-0.25, -0.2) is 0 Å². The number of rotatable bonds is 3. The summed E-state index contributed by atoms with van der Waals surface area (Å²) < 4.78 is 0. The third-order valence-electron chi connectivity index (χ3n) is 4.97. The second-order valence-electron chi connectivity index (χ2n) is 5.87. The lowest BCUT2D eigenvalue weighted by Crippen LogP contribution is -2.46. The minimum absolute atomic E-state index is 0.417. The van der Waals surface area contributed by atoms with E-state index in [0.717, 1.165) is 5.02 Å². The Balaban J connectivity index is 1.91. The fourth-order valence-electron chi connectivity index (χ4n) is 3.91. The summed E-state index contributed by atoms with van der Waals surface area (Å²) in [7, 11) is 3.85. The summed E-state index contributed by atoms with van der Waals surface area (Å²) in [5.74, 6) is 0.930. The number of hydrogen-bond donors (Lipinski definition) is 0. The molecule has 2 aliphatic heterocycles. The molecule has 0 saturated carbocycles. The lowest BCUT2D eigenvalue weighted by molar-refractivity contribution is 0.131. The molecule has 2 bridgehead atoms. The largest absolute Gasteiger partial charge is 0.399 e. The monoisotopic (exact) mass is 292 g/mol. The molecule has 108 valence electrons. The summed E-state index contributed by atoms with van der Waals surface area (Å²) in [6.45, 7) is 0. The second kappa shape index (κ2) is 5.74. The fraction of sp³-hybridized carbons (Fsp3) is 0.562. The first-order valence-electron chi connectivity index (χ1n) is 7.24. The zero-order valence-corrected chi connectivity index (χ0v) is 12.8. The molecule has 3 nitrogen and oxygen atoms in total. The highest BCUT2D eigenvalue weighted by Gasteiger charge is 2.45. The Hall–Kier alpha value is -1.06. The van der Waals surface area contributed by atoms with E-state index in [9.17, 15) is 0 Å². The Bertz CT molecular complexity index is 488. The fourth-order valence-corrected chi connectivity index (χ4v) is 4.04. The Morgan fingerprint density at radius 2 is 2.05 bits per heavy atom. The molecular formula is C16H21ClN2O. The molecule has 2 unspecified atom stereocenters. The molecule has 0 radical (unpaired) electrons. The van der Waals surface area contributed by atoms with Crippen molar-refractivity contribution in [2.45, 2.75) is 37.3 Å². The highest BCUT2D eigenvalue weighted by molar-refractivity contribution is 6.30. The van der Waals surface area contributed by atoms with Crippen molar-refractivity contribution >= 4 is 17.8 Å². The van der Waals surface area contributed by atoms with Crippen molar-refractivity contribution in [2.75, 3.05) is 14.2 Å². The first-order chi connectivity index (χ1) is 9.70. The van der Waals surface area contributed by atoms with Crippen LogP contribution in [0.1, 0.15) is 30.7 Å². The normalized spacial score (nSPS) is 33.8. The van der Waals surface area contributed by atoms with Crippen molar-refractivity contribution in [3.8, 4) is 0 Å². The molecule has 2 aliphatic rings. The molecule has 4 atom stereocenters. The number of nitrogens with zero attached hydrogens (tertiary/aromatic N) is 2. The quantitative estimate of drug-likeness (QED) is 0.629. The van der Waals surface area contributed by atoms with Crippen LogP contribution in [-0.2, 0) is 4.84 Å². The van der Waals surface area contributed by atoms with Crippen molar-refractivity contribution in [1.82, 2.24) is 4.90 Å². The van der Waals surface area contributed by atoms with Gasteiger partial charge in [-0.1, -0.05) is 28.9 Å². The van der Waals surface area contributed by atoms with E-state index in [4.69, 9.17) is 16.4 Å².